The molecule has 3 rings (SSSR count). The van der Waals surface area contributed by atoms with E-state index in [1.54, 1.807) is 37.4 Å². The van der Waals surface area contributed by atoms with Crippen LogP contribution in [-0.4, -0.2) is 60.4 Å². The van der Waals surface area contributed by atoms with Gasteiger partial charge in [-0.1, -0.05) is 13.8 Å². The summed E-state index contributed by atoms with van der Waals surface area (Å²) in [6, 6.07) is 7.42. The van der Waals surface area contributed by atoms with Crippen molar-refractivity contribution in [3.63, 3.8) is 0 Å². The van der Waals surface area contributed by atoms with Gasteiger partial charge in [-0.25, -0.2) is 12.8 Å². The van der Waals surface area contributed by atoms with Gasteiger partial charge in [-0.05, 0) is 45.1 Å². The Hall–Kier alpha value is -2.60. The van der Waals surface area contributed by atoms with Gasteiger partial charge in [0.05, 0.1) is 23.0 Å². The number of thiophene rings is 1. The molecule has 0 saturated heterocycles. The van der Waals surface area contributed by atoms with Crippen molar-refractivity contribution < 1.29 is 22.3 Å². The molecule has 0 saturated carbocycles. The van der Waals surface area contributed by atoms with Crippen LogP contribution in [-0.2, 0) is 21.4 Å². The summed E-state index contributed by atoms with van der Waals surface area (Å²) in [6.07, 6.45) is 2.67. The van der Waals surface area contributed by atoms with Crippen LogP contribution in [0.3, 0.4) is 0 Å². The second kappa shape index (κ2) is 11.4. The number of pyridine rings is 1. The summed E-state index contributed by atoms with van der Waals surface area (Å²) in [5.41, 5.74) is 0.995. The number of amides is 1. The SMILES string of the molecule is CCN(CC)Cc1cc2nccc(Oc3ccc(NC(=O)CN(C(C)C)S(C)(=O)=O)cc3F)c2s1. The molecule has 11 heteroatoms. The lowest BCUT2D eigenvalue weighted by Gasteiger charge is -2.23. The number of aromatic nitrogens is 1. The summed E-state index contributed by atoms with van der Waals surface area (Å²) in [6.45, 7) is 9.92. The van der Waals surface area contributed by atoms with E-state index >= 15 is 0 Å². The number of hydrogen-bond donors (Lipinski definition) is 1. The molecule has 1 aromatic carbocycles. The highest BCUT2D eigenvalue weighted by Crippen LogP contribution is 2.36. The van der Waals surface area contributed by atoms with Crippen LogP contribution >= 0.6 is 11.3 Å². The zero-order valence-corrected chi connectivity index (χ0v) is 22.2. The second-order valence-electron chi connectivity index (χ2n) is 8.39. The fraction of sp³-hybridized carbons (Fsp3) is 0.417. The third-order valence-electron chi connectivity index (χ3n) is 5.44. The molecule has 0 fully saturated rings. The first-order valence-corrected chi connectivity index (χ1v) is 14.0. The number of sulfonamides is 1. The van der Waals surface area contributed by atoms with E-state index in [9.17, 15) is 17.6 Å². The van der Waals surface area contributed by atoms with Crippen LogP contribution < -0.4 is 10.1 Å². The molecule has 8 nitrogen and oxygen atoms in total. The van der Waals surface area contributed by atoms with Crippen molar-refractivity contribution in [2.45, 2.75) is 40.3 Å². The van der Waals surface area contributed by atoms with Crippen molar-refractivity contribution in [2.24, 2.45) is 0 Å². The van der Waals surface area contributed by atoms with Crippen LogP contribution in [0.4, 0.5) is 10.1 Å². The average molecular weight is 523 g/mol. The van der Waals surface area contributed by atoms with E-state index in [0.717, 1.165) is 51.4 Å². The predicted octanol–water partition coefficient (Wildman–Crippen LogP) is 4.68. The molecule has 2 aromatic heterocycles. The highest BCUT2D eigenvalue weighted by molar-refractivity contribution is 7.88. The van der Waals surface area contributed by atoms with Gasteiger partial charge < -0.3 is 10.1 Å². The maximum Gasteiger partial charge on any atom is 0.239 e. The lowest BCUT2D eigenvalue weighted by atomic mass is 10.2. The maximum absolute atomic E-state index is 14.8. The maximum atomic E-state index is 14.8. The quantitative estimate of drug-likeness (QED) is 0.393. The number of halogens is 1. The second-order valence-corrected chi connectivity index (χ2v) is 11.5. The van der Waals surface area contributed by atoms with E-state index in [1.165, 1.54) is 12.1 Å². The van der Waals surface area contributed by atoms with Crippen LogP contribution in [0.5, 0.6) is 11.5 Å². The van der Waals surface area contributed by atoms with Crippen molar-refractivity contribution >= 4 is 43.2 Å². The monoisotopic (exact) mass is 522 g/mol. The first-order chi connectivity index (χ1) is 16.5. The number of carbonyl (C=O) groups excluding carboxylic acids is 1. The van der Waals surface area contributed by atoms with Gasteiger partial charge in [-0.3, -0.25) is 14.7 Å². The standard InChI is InChI=1S/C24H31FN4O4S2/c1-6-28(7-2)14-18-13-20-24(34-18)22(10-11-26-20)33-21-9-8-17(12-19(21)25)27-23(30)15-29(16(3)4)35(5,31)32/h8-13,16H,6-7,14-15H2,1-5H3,(H,27,30). The van der Waals surface area contributed by atoms with Crippen LogP contribution in [0.1, 0.15) is 32.6 Å². The van der Waals surface area contributed by atoms with Crippen LogP contribution in [0, 0.1) is 5.82 Å². The topological polar surface area (TPSA) is 91.8 Å². The molecular weight excluding hydrogens is 491 g/mol. The van der Waals surface area contributed by atoms with E-state index < -0.39 is 21.7 Å². The molecule has 0 bridgehead atoms. The van der Waals surface area contributed by atoms with Crippen LogP contribution in [0.15, 0.2) is 36.5 Å². The lowest BCUT2D eigenvalue weighted by molar-refractivity contribution is -0.116. The minimum absolute atomic E-state index is 0.00846. The molecule has 0 aliphatic rings. The number of nitrogens with zero attached hydrogens (tertiary/aromatic N) is 3. The normalized spacial score (nSPS) is 12.1. The average Bonchev–Trinajstić information content (AvgIpc) is 3.20. The van der Waals surface area contributed by atoms with Gasteiger partial charge in [0.25, 0.3) is 0 Å². The van der Waals surface area contributed by atoms with Gasteiger partial charge in [-0.2, -0.15) is 4.31 Å². The molecule has 0 atom stereocenters. The summed E-state index contributed by atoms with van der Waals surface area (Å²) in [7, 11) is -3.56. The Morgan fingerprint density at radius 3 is 2.49 bits per heavy atom. The molecule has 1 amide bonds. The highest BCUT2D eigenvalue weighted by Gasteiger charge is 2.23. The summed E-state index contributed by atoms with van der Waals surface area (Å²) in [4.78, 5) is 20.2. The molecule has 0 unspecified atom stereocenters. The molecule has 2 heterocycles. The van der Waals surface area contributed by atoms with Gasteiger partial charge in [-0.15, -0.1) is 11.3 Å². The molecule has 0 radical (unpaired) electrons. The number of anilines is 1. The number of rotatable bonds is 11. The van der Waals surface area contributed by atoms with E-state index in [2.05, 4.69) is 29.0 Å². The Morgan fingerprint density at radius 1 is 1.17 bits per heavy atom. The molecule has 1 N–H and O–H groups in total. The van der Waals surface area contributed by atoms with E-state index in [0.29, 0.717) is 5.75 Å². The minimum atomic E-state index is -3.56. The summed E-state index contributed by atoms with van der Waals surface area (Å²) in [5, 5.41) is 2.54. The first-order valence-electron chi connectivity index (χ1n) is 11.4. The Balaban J connectivity index is 1.75. The largest absolute Gasteiger partial charge is 0.453 e. The van der Waals surface area contributed by atoms with Crippen LogP contribution in [0.2, 0.25) is 0 Å². The molecule has 35 heavy (non-hydrogen) atoms. The van der Waals surface area contributed by atoms with Gasteiger partial charge in [0.2, 0.25) is 15.9 Å². The van der Waals surface area contributed by atoms with Gasteiger partial charge in [0.1, 0.15) is 5.75 Å². The smallest absolute Gasteiger partial charge is 0.239 e. The Labute approximate surface area is 209 Å². The Morgan fingerprint density at radius 2 is 1.89 bits per heavy atom. The molecule has 190 valence electrons. The van der Waals surface area contributed by atoms with E-state index in [-0.39, 0.29) is 24.0 Å². The number of carbonyl (C=O) groups is 1. The van der Waals surface area contributed by atoms with Crippen LogP contribution in [0.25, 0.3) is 10.2 Å². The van der Waals surface area contributed by atoms with Crippen molar-refractivity contribution in [2.75, 3.05) is 31.2 Å². The molecular formula is C24H31FN4O4S2. The van der Waals surface area contributed by atoms with Gasteiger partial charge in [0.15, 0.2) is 11.6 Å². The number of benzene rings is 1. The fourth-order valence-electron chi connectivity index (χ4n) is 3.59. The number of hydrogen-bond acceptors (Lipinski definition) is 7. The predicted molar refractivity (Wildman–Crippen MR) is 138 cm³/mol. The number of nitrogens with one attached hydrogen (secondary N) is 1. The Kier molecular flexibility index (Phi) is 8.81. The zero-order chi connectivity index (χ0) is 25.8. The number of fused-ring (bicyclic) bond motifs is 1. The fourth-order valence-corrected chi connectivity index (χ4v) is 5.82. The summed E-state index contributed by atoms with van der Waals surface area (Å²) in [5.74, 6) is -0.708. The zero-order valence-electron chi connectivity index (χ0n) is 20.5. The van der Waals surface area contributed by atoms with Crippen molar-refractivity contribution in [1.29, 1.82) is 0 Å². The Bertz CT molecular complexity index is 1290. The molecule has 3 aromatic rings. The highest BCUT2D eigenvalue weighted by atomic mass is 32.2. The summed E-state index contributed by atoms with van der Waals surface area (Å²) >= 11 is 1.57. The lowest BCUT2D eigenvalue weighted by Crippen LogP contribution is -2.41. The minimum Gasteiger partial charge on any atom is -0.453 e. The van der Waals surface area contributed by atoms with E-state index in [4.69, 9.17) is 4.74 Å². The van der Waals surface area contributed by atoms with Gasteiger partial charge in [0, 0.05) is 41.5 Å². The first kappa shape index (κ1) is 27.0. The molecule has 0 aliphatic carbocycles. The van der Waals surface area contributed by atoms with Crippen molar-refractivity contribution in [3.05, 3.63) is 47.2 Å². The van der Waals surface area contributed by atoms with E-state index in [1.807, 2.05) is 6.07 Å². The third kappa shape index (κ3) is 6.97. The van der Waals surface area contributed by atoms with Crippen molar-refractivity contribution in [3.8, 4) is 11.5 Å². The molecule has 0 spiro atoms. The summed E-state index contributed by atoms with van der Waals surface area (Å²) < 4.78 is 46.4. The number of ether oxygens (including phenoxy) is 1. The van der Waals surface area contributed by atoms with Gasteiger partial charge >= 0.3 is 0 Å². The van der Waals surface area contributed by atoms with Crippen molar-refractivity contribution in [1.82, 2.24) is 14.2 Å². The third-order valence-corrected chi connectivity index (χ3v) is 7.96. The molecule has 0 aliphatic heterocycles.